The highest BCUT2D eigenvalue weighted by atomic mass is 16.5. The van der Waals surface area contributed by atoms with Crippen molar-refractivity contribution >= 4 is 5.97 Å². The van der Waals surface area contributed by atoms with Crippen molar-refractivity contribution in [1.82, 2.24) is 4.90 Å². The zero-order valence-corrected chi connectivity index (χ0v) is 14.2. The van der Waals surface area contributed by atoms with Crippen LogP contribution in [-0.4, -0.2) is 31.0 Å². The molecule has 1 heterocycles. The van der Waals surface area contributed by atoms with Crippen molar-refractivity contribution in [2.45, 2.75) is 25.4 Å². The Morgan fingerprint density at radius 3 is 2.46 bits per heavy atom. The molecule has 1 aliphatic rings. The molecular formula is C21H25NO2. The normalized spacial score (nSPS) is 19.6. The third kappa shape index (κ3) is 4.45. The molecule has 0 bridgehead atoms. The van der Waals surface area contributed by atoms with Gasteiger partial charge in [-0.3, -0.25) is 4.79 Å². The minimum absolute atomic E-state index is 0.00858. The highest BCUT2D eigenvalue weighted by Crippen LogP contribution is 2.26. The van der Waals surface area contributed by atoms with E-state index in [2.05, 4.69) is 24.1 Å². The van der Waals surface area contributed by atoms with E-state index in [9.17, 15) is 4.79 Å². The van der Waals surface area contributed by atoms with Crippen LogP contribution < -0.4 is 0 Å². The van der Waals surface area contributed by atoms with Gasteiger partial charge >= 0.3 is 5.97 Å². The molecule has 2 atom stereocenters. The number of hydrogen-bond acceptors (Lipinski definition) is 3. The highest BCUT2D eigenvalue weighted by molar-refractivity contribution is 5.73. The Morgan fingerprint density at radius 2 is 1.79 bits per heavy atom. The smallest absolute Gasteiger partial charge is 0.310 e. The summed E-state index contributed by atoms with van der Waals surface area (Å²) < 4.78 is 5.96. The van der Waals surface area contributed by atoms with Gasteiger partial charge in [0.15, 0.2) is 0 Å². The lowest BCUT2D eigenvalue weighted by Gasteiger charge is -2.29. The average molecular weight is 323 g/mol. The van der Waals surface area contributed by atoms with Gasteiger partial charge in [0.25, 0.3) is 0 Å². The summed E-state index contributed by atoms with van der Waals surface area (Å²) in [6.07, 6.45) is 2.47. The maximum absolute atomic E-state index is 12.7. The molecule has 1 aliphatic heterocycles. The third-order valence-corrected chi connectivity index (χ3v) is 4.65. The molecule has 2 aromatic carbocycles. The summed E-state index contributed by atoms with van der Waals surface area (Å²) in [7, 11) is 2.07. The standard InChI is InChI=1S/C21H25NO2/c1-22-14-8-13-19(16-22)21(23)24-20(18-11-6-3-7-12-18)15-17-9-4-2-5-10-17/h2-7,9-12,19-20H,8,13-16H2,1H3. The number of carbonyl (C=O) groups is 1. The van der Waals surface area contributed by atoms with Gasteiger partial charge in [-0.05, 0) is 37.6 Å². The van der Waals surface area contributed by atoms with Crippen molar-refractivity contribution in [3.8, 4) is 0 Å². The zero-order valence-electron chi connectivity index (χ0n) is 14.2. The minimum atomic E-state index is -0.228. The van der Waals surface area contributed by atoms with Gasteiger partial charge in [0, 0.05) is 13.0 Å². The Balaban J connectivity index is 1.73. The number of piperidine rings is 1. The van der Waals surface area contributed by atoms with Crippen LogP contribution in [0.3, 0.4) is 0 Å². The van der Waals surface area contributed by atoms with Crippen molar-refractivity contribution in [2.24, 2.45) is 5.92 Å². The number of rotatable bonds is 5. The Labute approximate surface area is 144 Å². The predicted molar refractivity (Wildman–Crippen MR) is 95.6 cm³/mol. The number of hydrogen-bond donors (Lipinski definition) is 0. The molecule has 0 spiro atoms. The van der Waals surface area contributed by atoms with Gasteiger partial charge in [0.1, 0.15) is 6.10 Å². The predicted octanol–water partition coefficient (Wildman–Crippen LogP) is 3.86. The largest absolute Gasteiger partial charge is 0.457 e. The molecular weight excluding hydrogens is 298 g/mol. The first-order valence-electron chi connectivity index (χ1n) is 8.70. The van der Waals surface area contributed by atoms with Crippen LogP contribution in [0.5, 0.6) is 0 Å². The lowest BCUT2D eigenvalue weighted by molar-refractivity contribution is -0.156. The number of ether oxygens (including phenoxy) is 1. The molecule has 3 rings (SSSR count). The summed E-state index contributed by atoms with van der Waals surface area (Å²) in [6.45, 7) is 1.86. The molecule has 0 aliphatic carbocycles. The van der Waals surface area contributed by atoms with Gasteiger partial charge < -0.3 is 9.64 Å². The van der Waals surface area contributed by atoms with Crippen LogP contribution in [0, 0.1) is 5.92 Å². The second-order valence-corrected chi connectivity index (χ2v) is 6.63. The zero-order chi connectivity index (χ0) is 16.8. The molecule has 2 aromatic rings. The summed E-state index contributed by atoms with van der Waals surface area (Å²) >= 11 is 0. The van der Waals surface area contributed by atoms with E-state index in [1.54, 1.807) is 0 Å². The number of carbonyl (C=O) groups excluding carboxylic acids is 1. The minimum Gasteiger partial charge on any atom is -0.457 e. The molecule has 2 unspecified atom stereocenters. The molecule has 0 radical (unpaired) electrons. The van der Waals surface area contributed by atoms with E-state index in [4.69, 9.17) is 4.74 Å². The molecule has 0 amide bonds. The maximum Gasteiger partial charge on any atom is 0.310 e. The third-order valence-electron chi connectivity index (χ3n) is 4.65. The second kappa shape index (κ2) is 8.11. The van der Waals surface area contributed by atoms with Crippen molar-refractivity contribution in [2.75, 3.05) is 20.1 Å². The van der Waals surface area contributed by atoms with Crippen molar-refractivity contribution in [1.29, 1.82) is 0 Å². The van der Waals surface area contributed by atoms with Gasteiger partial charge in [-0.15, -0.1) is 0 Å². The maximum atomic E-state index is 12.7. The van der Waals surface area contributed by atoms with Crippen molar-refractivity contribution in [3.05, 3.63) is 71.8 Å². The Bertz CT molecular complexity index is 641. The SMILES string of the molecule is CN1CCCC(C(=O)OC(Cc2ccccc2)c2ccccc2)C1. The Hall–Kier alpha value is -2.13. The van der Waals surface area contributed by atoms with Gasteiger partial charge in [-0.25, -0.2) is 0 Å². The first-order chi connectivity index (χ1) is 11.7. The van der Waals surface area contributed by atoms with E-state index < -0.39 is 0 Å². The number of nitrogens with zero attached hydrogens (tertiary/aromatic N) is 1. The summed E-state index contributed by atoms with van der Waals surface area (Å²) in [5.74, 6) is -0.0722. The van der Waals surface area contributed by atoms with Crippen LogP contribution in [0.1, 0.15) is 30.1 Å². The first-order valence-corrected chi connectivity index (χ1v) is 8.70. The van der Waals surface area contributed by atoms with Gasteiger partial charge in [0.05, 0.1) is 5.92 Å². The molecule has 126 valence electrons. The molecule has 0 saturated carbocycles. The lowest BCUT2D eigenvalue weighted by atomic mass is 9.97. The molecule has 3 nitrogen and oxygen atoms in total. The van der Waals surface area contributed by atoms with Crippen LogP contribution in [0.15, 0.2) is 60.7 Å². The van der Waals surface area contributed by atoms with E-state index in [1.165, 1.54) is 5.56 Å². The van der Waals surface area contributed by atoms with E-state index >= 15 is 0 Å². The number of esters is 1. The van der Waals surface area contributed by atoms with Gasteiger partial charge in [-0.1, -0.05) is 60.7 Å². The van der Waals surface area contributed by atoms with Gasteiger partial charge in [-0.2, -0.15) is 0 Å². The van der Waals surface area contributed by atoms with E-state index in [0.717, 1.165) is 31.5 Å². The van der Waals surface area contributed by atoms with E-state index in [0.29, 0.717) is 6.42 Å². The van der Waals surface area contributed by atoms with E-state index in [1.807, 2.05) is 48.5 Å². The van der Waals surface area contributed by atoms with E-state index in [-0.39, 0.29) is 18.0 Å². The summed E-state index contributed by atoms with van der Waals surface area (Å²) in [5.41, 5.74) is 2.23. The van der Waals surface area contributed by atoms with Crippen LogP contribution in [0.2, 0.25) is 0 Å². The van der Waals surface area contributed by atoms with Gasteiger partial charge in [0.2, 0.25) is 0 Å². The quantitative estimate of drug-likeness (QED) is 0.783. The molecule has 3 heteroatoms. The van der Waals surface area contributed by atoms with Crippen molar-refractivity contribution < 1.29 is 9.53 Å². The van der Waals surface area contributed by atoms with Crippen LogP contribution in [-0.2, 0) is 16.0 Å². The topological polar surface area (TPSA) is 29.5 Å². The monoisotopic (exact) mass is 323 g/mol. The fraction of sp³-hybridized carbons (Fsp3) is 0.381. The second-order valence-electron chi connectivity index (χ2n) is 6.63. The van der Waals surface area contributed by atoms with Crippen LogP contribution in [0.4, 0.5) is 0 Å². The molecule has 1 fully saturated rings. The first kappa shape index (κ1) is 16.7. The Kier molecular flexibility index (Phi) is 5.65. The molecule has 0 aromatic heterocycles. The van der Waals surface area contributed by atoms with Crippen LogP contribution >= 0.6 is 0 Å². The molecule has 1 saturated heterocycles. The van der Waals surface area contributed by atoms with Crippen molar-refractivity contribution in [3.63, 3.8) is 0 Å². The number of likely N-dealkylation sites (tertiary alicyclic amines) is 1. The average Bonchev–Trinajstić information content (AvgIpc) is 2.63. The summed E-state index contributed by atoms with van der Waals surface area (Å²) in [5, 5.41) is 0. The summed E-state index contributed by atoms with van der Waals surface area (Å²) in [4.78, 5) is 14.9. The number of benzene rings is 2. The fourth-order valence-electron chi connectivity index (χ4n) is 3.32. The Morgan fingerprint density at radius 1 is 1.12 bits per heavy atom. The lowest BCUT2D eigenvalue weighted by Crippen LogP contribution is -2.37. The summed E-state index contributed by atoms with van der Waals surface area (Å²) in [6, 6.07) is 20.3. The fourth-order valence-corrected chi connectivity index (χ4v) is 3.32. The highest BCUT2D eigenvalue weighted by Gasteiger charge is 2.28. The molecule has 24 heavy (non-hydrogen) atoms. The van der Waals surface area contributed by atoms with Crippen LogP contribution in [0.25, 0.3) is 0 Å². The molecule has 0 N–H and O–H groups in total.